The Labute approximate surface area is 68.1 Å². The van der Waals surface area contributed by atoms with E-state index in [0.717, 1.165) is 11.8 Å². The molecule has 2 aliphatic heterocycles. The van der Waals surface area contributed by atoms with Crippen LogP contribution < -0.4 is 0 Å². The molecule has 3 aliphatic rings. The summed E-state index contributed by atoms with van der Waals surface area (Å²) in [6.07, 6.45) is 9.96. The Bertz CT molecular complexity index is 148. The largest absolute Gasteiger partial charge is 0.374 e. The topological polar surface area (TPSA) is 9.23 Å². The number of fused-ring (bicyclic) bond motifs is 5. The van der Waals surface area contributed by atoms with Crippen LogP contribution in [0.1, 0.15) is 38.5 Å². The maximum atomic E-state index is 5.92. The van der Waals surface area contributed by atoms with Gasteiger partial charge in [-0.3, -0.25) is 0 Å². The van der Waals surface area contributed by atoms with Crippen molar-refractivity contribution in [1.29, 1.82) is 0 Å². The second-order valence-corrected chi connectivity index (χ2v) is 4.40. The van der Waals surface area contributed by atoms with Crippen LogP contribution in [0.2, 0.25) is 0 Å². The molecule has 4 atom stereocenters. The summed E-state index contributed by atoms with van der Waals surface area (Å²) >= 11 is 0. The second kappa shape index (κ2) is 2.22. The average molecular weight is 152 g/mol. The van der Waals surface area contributed by atoms with E-state index in [2.05, 4.69) is 0 Å². The smallest absolute Gasteiger partial charge is 0.0611 e. The fourth-order valence-corrected chi connectivity index (χ4v) is 3.43. The van der Waals surface area contributed by atoms with Gasteiger partial charge in [0.15, 0.2) is 0 Å². The highest BCUT2D eigenvalue weighted by molar-refractivity contribution is 4.97. The third-order valence-corrected chi connectivity index (χ3v) is 3.92. The summed E-state index contributed by atoms with van der Waals surface area (Å²) in [5.41, 5.74) is 0. The van der Waals surface area contributed by atoms with Crippen LogP contribution >= 0.6 is 0 Å². The Morgan fingerprint density at radius 3 is 1.82 bits per heavy atom. The van der Waals surface area contributed by atoms with Crippen molar-refractivity contribution >= 4 is 0 Å². The van der Waals surface area contributed by atoms with Crippen LogP contribution in [0, 0.1) is 11.8 Å². The van der Waals surface area contributed by atoms with Gasteiger partial charge in [0.2, 0.25) is 0 Å². The zero-order chi connectivity index (χ0) is 7.26. The van der Waals surface area contributed by atoms with E-state index in [0.29, 0.717) is 12.2 Å². The highest BCUT2D eigenvalue weighted by Crippen LogP contribution is 2.49. The van der Waals surface area contributed by atoms with E-state index in [1.807, 2.05) is 0 Å². The van der Waals surface area contributed by atoms with Gasteiger partial charge in [0.25, 0.3) is 0 Å². The zero-order valence-electron chi connectivity index (χ0n) is 6.96. The van der Waals surface area contributed by atoms with Gasteiger partial charge in [-0.05, 0) is 37.5 Å². The normalized spacial score (nSPS) is 54.5. The van der Waals surface area contributed by atoms with Crippen molar-refractivity contribution in [3.63, 3.8) is 0 Å². The molecule has 0 unspecified atom stereocenters. The fraction of sp³-hybridized carbons (Fsp3) is 1.00. The average Bonchev–Trinajstić information content (AvgIpc) is 2.64. The first-order valence-electron chi connectivity index (χ1n) is 5.10. The molecule has 0 aromatic heterocycles. The second-order valence-electron chi connectivity index (χ2n) is 4.40. The van der Waals surface area contributed by atoms with E-state index in [1.54, 1.807) is 0 Å². The first-order chi connectivity index (χ1) is 5.45. The lowest BCUT2D eigenvalue weighted by atomic mass is 9.71. The van der Waals surface area contributed by atoms with Crippen molar-refractivity contribution in [1.82, 2.24) is 0 Å². The van der Waals surface area contributed by atoms with Gasteiger partial charge >= 0.3 is 0 Å². The van der Waals surface area contributed by atoms with Crippen molar-refractivity contribution in [3.8, 4) is 0 Å². The van der Waals surface area contributed by atoms with Crippen LogP contribution in [0.25, 0.3) is 0 Å². The monoisotopic (exact) mass is 152 g/mol. The molecule has 1 nitrogen and oxygen atoms in total. The van der Waals surface area contributed by atoms with E-state index in [9.17, 15) is 0 Å². The Morgan fingerprint density at radius 1 is 0.727 bits per heavy atom. The minimum atomic E-state index is 0.685. The quantitative estimate of drug-likeness (QED) is 0.517. The molecule has 0 aromatic rings. The molecule has 1 aliphatic carbocycles. The van der Waals surface area contributed by atoms with Gasteiger partial charge in [-0.1, -0.05) is 12.8 Å². The summed E-state index contributed by atoms with van der Waals surface area (Å²) in [6, 6.07) is 0. The van der Waals surface area contributed by atoms with Crippen molar-refractivity contribution < 1.29 is 4.74 Å². The van der Waals surface area contributed by atoms with Crippen molar-refractivity contribution in [3.05, 3.63) is 0 Å². The first-order valence-corrected chi connectivity index (χ1v) is 5.10. The number of hydrogen-bond donors (Lipinski definition) is 0. The Hall–Kier alpha value is -0.0400. The predicted molar refractivity (Wildman–Crippen MR) is 43.3 cm³/mol. The molecule has 2 heterocycles. The van der Waals surface area contributed by atoms with Gasteiger partial charge in [0, 0.05) is 0 Å². The third-order valence-electron chi connectivity index (χ3n) is 3.92. The molecule has 0 aromatic carbocycles. The number of ether oxygens (including phenoxy) is 1. The van der Waals surface area contributed by atoms with E-state index in [4.69, 9.17) is 4.74 Å². The minimum Gasteiger partial charge on any atom is -0.374 e. The summed E-state index contributed by atoms with van der Waals surface area (Å²) in [5.74, 6) is 1.95. The van der Waals surface area contributed by atoms with Crippen LogP contribution in [-0.2, 0) is 4.74 Å². The SMILES string of the molecule is C1CC[C@H]2[C@@H](C1)[C@@H]1CC[C@@H]2O1. The van der Waals surface area contributed by atoms with E-state index in [-0.39, 0.29) is 0 Å². The summed E-state index contributed by atoms with van der Waals surface area (Å²) in [7, 11) is 0. The predicted octanol–water partition coefficient (Wildman–Crippen LogP) is 2.35. The Morgan fingerprint density at radius 2 is 1.27 bits per heavy atom. The molecule has 1 saturated carbocycles. The lowest BCUT2D eigenvalue weighted by molar-refractivity contribution is 0.0876. The molecule has 3 fully saturated rings. The number of hydrogen-bond acceptors (Lipinski definition) is 1. The highest BCUT2D eigenvalue weighted by Gasteiger charge is 2.48. The standard InChI is InChI=1S/C10H16O/c1-2-4-8-7(3-1)9-5-6-10(8)11-9/h7-10H,1-6H2/t7-,8+,9-,10-/m0/s1. The van der Waals surface area contributed by atoms with Crippen LogP contribution in [0.5, 0.6) is 0 Å². The Balaban J connectivity index is 1.84. The molecule has 0 spiro atoms. The molecular weight excluding hydrogens is 136 g/mol. The minimum absolute atomic E-state index is 0.685. The lowest BCUT2D eigenvalue weighted by Gasteiger charge is -2.31. The summed E-state index contributed by atoms with van der Waals surface area (Å²) in [5, 5.41) is 0. The molecule has 2 saturated heterocycles. The highest BCUT2D eigenvalue weighted by atomic mass is 16.5. The molecule has 3 rings (SSSR count). The zero-order valence-corrected chi connectivity index (χ0v) is 6.96. The maximum Gasteiger partial charge on any atom is 0.0611 e. The lowest BCUT2D eigenvalue weighted by Crippen LogP contribution is -2.29. The maximum absolute atomic E-state index is 5.92. The van der Waals surface area contributed by atoms with Gasteiger partial charge < -0.3 is 4.74 Å². The van der Waals surface area contributed by atoms with Gasteiger partial charge in [-0.25, -0.2) is 0 Å². The van der Waals surface area contributed by atoms with Gasteiger partial charge in [0.1, 0.15) is 0 Å². The molecule has 62 valence electrons. The van der Waals surface area contributed by atoms with Crippen LogP contribution in [0.15, 0.2) is 0 Å². The van der Waals surface area contributed by atoms with Crippen LogP contribution in [-0.4, -0.2) is 12.2 Å². The van der Waals surface area contributed by atoms with Crippen molar-refractivity contribution in [2.75, 3.05) is 0 Å². The van der Waals surface area contributed by atoms with Crippen LogP contribution in [0.4, 0.5) is 0 Å². The molecule has 11 heavy (non-hydrogen) atoms. The first kappa shape index (κ1) is 6.47. The van der Waals surface area contributed by atoms with E-state index in [1.165, 1.54) is 38.5 Å². The van der Waals surface area contributed by atoms with E-state index >= 15 is 0 Å². The summed E-state index contributed by atoms with van der Waals surface area (Å²) in [4.78, 5) is 0. The molecule has 2 bridgehead atoms. The molecular formula is C10H16O. The van der Waals surface area contributed by atoms with Crippen LogP contribution in [0.3, 0.4) is 0 Å². The van der Waals surface area contributed by atoms with Crippen molar-refractivity contribution in [2.45, 2.75) is 50.7 Å². The number of rotatable bonds is 0. The van der Waals surface area contributed by atoms with Crippen molar-refractivity contribution in [2.24, 2.45) is 11.8 Å². The fourth-order valence-electron chi connectivity index (χ4n) is 3.43. The molecule has 0 N–H and O–H groups in total. The van der Waals surface area contributed by atoms with Gasteiger partial charge in [0.05, 0.1) is 12.2 Å². The summed E-state index contributed by atoms with van der Waals surface area (Å²) < 4.78 is 5.92. The molecule has 0 radical (unpaired) electrons. The Kier molecular flexibility index (Phi) is 1.31. The summed E-state index contributed by atoms with van der Waals surface area (Å²) in [6.45, 7) is 0. The van der Waals surface area contributed by atoms with E-state index < -0.39 is 0 Å². The van der Waals surface area contributed by atoms with Gasteiger partial charge in [-0.15, -0.1) is 0 Å². The third kappa shape index (κ3) is 0.807. The molecule has 0 amide bonds. The van der Waals surface area contributed by atoms with Gasteiger partial charge in [-0.2, -0.15) is 0 Å². The molecule has 1 heteroatoms.